The summed E-state index contributed by atoms with van der Waals surface area (Å²) in [7, 11) is 1.67. The highest BCUT2D eigenvalue weighted by Gasteiger charge is 2.32. The number of ether oxygens (including phenoxy) is 4. The van der Waals surface area contributed by atoms with Gasteiger partial charge in [-0.1, -0.05) is 13.3 Å². The number of likely N-dealkylation sites (N-methyl/N-ethyl adjacent to an activating group) is 1. The van der Waals surface area contributed by atoms with Gasteiger partial charge in [-0.2, -0.15) is 0 Å². The average molecular weight is 655 g/mol. The van der Waals surface area contributed by atoms with Gasteiger partial charge in [0.15, 0.2) is 11.5 Å². The third-order valence-electron chi connectivity index (χ3n) is 8.21. The van der Waals surface area contributed by atoms with Crippen LogP contribution < -0.4 is 24.8 Å². The van der Waals surface area contributed by atoms with Gasteiger partial charge in [-0.05, 0) is 57.0 Å². The first-order valence-corrected chi connectivity index (χ1v) is 16.1. The van der Waals surface area contributed by atoms with Gasteiger partial charge in [0.2, 0.25) is 18.6 Å². The second kappa shape index (κ2) is 16.9. The highest BCUT2D eigenvalue weighted by atomic mass is 16.7. The predicted molar refractivity (Wildman–Crippen MR) is 175 cm³/mol. The van der Waals surface area contributed by atoms with Crippen LogP contribution in [-0.2, 0) is 25.5 Å². The molecule has 0 bridgehead atoms. The Balaban J connectivity index is 1.44. The molecule has 4 amide bonds. The zero-order chi connectivity index (χ0) is 33.9. The number of anilines is 2. The van der Waals surface area contributed by atoms with Crippen molar-refractivity contribution in [3.63, 3.8) is 0 Å². The van der Waals surface area contributed by atoms with Crippen LogP contribution in [0.15, 0.2) is 36.4 Å². The van der Waals surface area contributed by atoms with Crippen LogP contribution in [0.2, 0.25) is 0 Å². The van der Waals surface area contributed by atoms with Gasteiger partial charge in [-0.3, -0.25) is 14.4 Å². The molecule has 13 nitrogen and oxygen atoms in total. The summed E-state index contributed by atoms with van der Waals surface area (Å²) < 4.78 is 22.2. The number of aliphatic hydroxyl groups is 1. The molecular weight excluding hydrogens is 608 g/mol. The Hall–Kier alpha value is -4.52. The smallest absolute Gasteiger partial charge is 0.321 e. The fourth-order valence-electron chi connectivity index (χ4n) is 5.46. The highest BCUT2D eigenvalue weighted by Crippen LogP contribution is 2.34. The van der Waals surface area contributed by atoms with Gasteiger partial charge in [0.25, 0.3) is 0 Å². The van der Waals surface area contributed by atoms with Crippen LogP contribution in [0.25, 0.3) is 0 Å². The Bertz CT molecular complexity index is 1420. The second-order valence-electron chi connectivity index (χ2n) is 12.0. The summed E-state index contributed by atoms with van der Waals surface area (Å²) in [5.41, 5.74) is 1.67. The number of hydrogen-bond donors (Lipinski definition) is 3. The fourth-order valence-corrected chi connectivity index (χ4v) is 5.46. The maximum Gasteiger partial charge on any atom is 0.321 e. The molecule has 2 aromatic rings. The van der Waals surface area contributed by atoms with Crippen molar-refractivity contribution in [3.05, 3.63) is 42.0 Å². The Morgan fingerprint density at radius 1 is 1.02 bits per heavy atom. The fraction of sp³-hybridized carbons (Fsp3) is 0.529. The standard InChI is InChI=1S/C34H46N4O9/c1-5-44-33(42)10-8-6-7-9-31(40)35-25-11-13-27-24(15-25)16-32(41)38(23(3)20-39)18-22(2)30(47-27)19-37(4)34(43)36-26-12-14-28-29(17-26)46-21-45-28/h11-15,17,22-23,30,39H,5-10,16,18-21H2,1-4H3,(H,35,40)(H,36,43)/t22-,23-,30+/m0/s1. The molecule has 4 rings (SSSR count). The number of nitrogens with one attached hydrogen (secondary N) is 2. The SMILES string of the molecule is CCOC(=O)CCCCCC(=O)Nc1ccc2c(c1)CC(=O)N([C@@H](C)CO)C[C@H](C)[C@@H](CN(C)C(=O)Nc1ccc3c(c1)OCO3)O2. The third-order valence-corrected chi connectivity index (χ3v) is 8.21. The Morgan fingerprint density at radius 2 is 1.72 bits per heavy atom. The summed E-state index contributed by atoms with van der Waals surface area (Å²) in [6, 6.07) is 9.58. The van der Waals surface area contributed by atoms with E-state index in [1.54, 1.807) is 62.2 Å². The molecule has 0 saturated carbocycles. The third kappa shape index (κ3) is 9.98. The van der Waals surface area contributed by atoms with Gasteiger partial charge in [0.1, 0.15) is 11.9 Å². The van der Waals surface area contributed by atoms with Gasteiger partial charge in [-0.25, -0.2) is 4.79 Å². The van der Waals surface area contributed by atoms with E-state index in [1.165, 1.54) is 4.90 Å². The molecule has 0 fully saturated rings. The van der Waals surface area contributed by atoms with E-state index in [2.05, 4.69) is 10.6 Å². The number of benzene rings is 2. The van der Waals surface area contributed by atoms with E-state index >= 15 is 0 Å². The quantitative estimate of drug-likeness (QED) is 0.213. The van der Waals surface area contributed by atoms with Crippen LogP contribution in [0.3, 0.4) is 0 Å². The van der Waals surface area contributed by atoms with E-state index in [1.807, 2.05) is 6.92 Å². The van der Waals surface area contributed by atoms with Crippen molar-refractivity contribution in [2.75, 3.05) is 50.8 Å². The largest absolute Gasteiger partial charge is 0.488 e. The van der Waals surface area contributed by atoms with Crippen molar-refractivity contribution in [1.29, 1.82) is 0 Å². The Labute approximate surface area is 275 Å². The molecule has 13 heteroatoms. The summed E-state index contributed by atoms with van der Waals surface area (Å²) in [5.74, 6) is 0.865. The van der Waals surface area contributed by atoms with Gasteiger partial charge >= 0.3 is 12.0 Å². The first-order chi connectivity index (χ1) is 22.6. The van der Waals surface area contributed by atoms with E-state index in [0.29, 0.717) is 66.6 Å². The minimum atomic E-state index is -0.504. The van der Waals surface area contributed by atoms with Crippen LogP contribution in [0.1, 0.15) is 58.4 Å². The van der Waals surface area contributed by atoms with E-state index in [-0.39, 0.29) is 62.5 Å². The van der Waals surface area contributed by atoms with Gasteiger partial charge < -0.3 is 44.5 Å². The van der Waals surface area contributed by atoms with Gasteiger partial charge in [0.05, 0.1) is 32.2 Å². The van der Waals surface area contributed by atoms with Gasteiger partial charge in [-0.15, -0.1) is 0 Å². The number of amides is 4. The zero-order valence-corrected chi connectivity index (χ0v) is 27.6. The van der Waals surface area contributed by atoms with Crippen LogP contribution in [0.5, 0.6) is 17.2 Å². The number of carbonyl (C=O) groups excluding carboxylic acids is 4. The number of hydrogen-bond acceptors (Lipinski definition) is 9. The second-order valence-corrected chi connectivity index (χ2v) is 12.0. The number of urea groups is 1. The summed E-state index contributed by atoms with van der Waals surface area (Å²) >= 11 is 0. The van der Waals surface area contributed by atoms with Crippen molar-refractivity contribution in [1.82, 2.24) is 9.80 Å². The van der Waals surface area contributed by atoms with E-state index in [9.17, 15) is 24.3 Å². The lowest BCUT2D eigenvalue weighted by Crippen LogP contribution is -2.48. The molecule has 0 radical (unpaired) electrons. The lowest BCUT2D eigenvalue weighted by Gasteiger charge is -2.34. The molecular formula is C34H46N4O9. The molecule has 0 aliphatic carbocycles. The van der Waals surface area contributed by atoms with E-state index in [0.717, 1.165) is 6.42 Å². The Morgan fingerprint density at radius 3 is 2.47 bits per heavy atom. The topological polar surface area (TPSA) is 156 Å². The molecule has 0 unspecified atom stereocenters. The van der Waals surface area contributed by atoms with Crippen LogP contribution >= 0.6 is 0 Å². The van der Waals surface area contributed by atoms with Crippen molar-refractivity contribution in [3.8, 4) is 17.2 Å². The summed E-state index contributed by atoms with van der Waals surface area (Å²) in [6.45, 7) is 6.31. The molecule has 2 aliphatic heterocycles. The molecule has 0 saturated heterocycles. The molecule has 3 N–H and O–H groups in total. The van der Waals surface area contributed by atoms with Crippen LogP contribution in [0.4, 0.5) is 16.2 Å². The summed E-state index contributed by atoms with van der Waals surface area (Å²) in [4.78, 5) is 54.0. The molecule has 2 aromatic carbocycles. The maximum absolute atomic E-state index is 13.5. The average Bonchev–Trinajstić information content (AvgIpc) is 3.52. The lowest BCUT2D eigenvalue weighted by molar-refractivity contribution is -0.143. The van der Waals surface area contributed by atoms with Crippen LogP contribution in [-0.4, -0.2) is 91.0 Å². The maximum atomic E-state index is 13.5. The molecule has 47 heavy (non-hydrogen) atoms. The minimum Gasteiger partial charge on any atom is -0.488 e. The summed E-state index contributed by atoms with van der Waals surface area (Å²) in [5, 5.41) is 15.7. The number of esters is 1. The molecule has 256 valence electrons. The monoisotopic (exact) mass is 654 g/mol. The normalized spacial score (nSPS) is 17.7. The molecule has 2 heterocycles. The van der Waals surface area contributed by atoms with Crippen molar-refractivity contribution in [2.45, 2.75) is 71.4 Å². The minimum absolute atomic E-state index is 0.0110. The number of aliphatic hydroxyl groups excluding tert-OH is 1. The van der Waals surface area contributed by atoms with Crippen molar-refractivity contribution < 1.29 is 43.2 Å². The number of carbonyl (C=O) groups is 4. The molecule has 3 atom stereocenters. The number of unbranched alkanes of at least 4 members (excludes halogenated alkanes) is 2. The molecule has 2 aliphatic rings. The molecule has 0 spiro atoms. The molecule has 0 aromatic heterocycles. The highest BCUT2D eigenvalue weighted by molar-refractivity contribution is 5.91. The van der Waals surface area contributed by atoms with E-state index < -0.39 is 12.1 Å². The lowest BCUT2D eigenvalue weighted by atomic mass is 10.0. The number of nitrogens with zero attached hydrogens (tertiary/aromatic N) is 2. The van der Waals surface area contributed by atoms with Crippen molar-refractivity contribution >= 4 is 35.2 Å². The predicted octanol–water partition coefficient (Wildman–Crippen LogP) is 4.18. The zero-order valence-electron chi connectivity index (χ0n) is 27.6. The Kier molecular flexibility index (Phi) is 12.7. The van der Waals surface area contributed by atoms with Crippen LogP contribution in [0, 0.1) is 5.92 Å². The summed E-state index contributed by atoms with van der Waals surface area (Å²) in [6.07, 6.45) is 2.13. The first-order valence-electron chi connectivity index (χ1n) is 16.1. The van der Waals surface area contributed by atoms with Gasteiger partial charge in [0, 0.05) is 55.4 Å². The van der Waals surface area contributed by atoms with Crippen molar-refractivity contribution in [2.24, 2.45) is 5.92 Å². The number of fused-ring (bicyclic) bond motifs is 2. The number of rotatable bonds is 13. The van der Waals surface area contributed by atoms with E-state index in [4.69, 9.17) is 18.9 Å². The first kappa shape index (κ1) is 35.3.